The van der Waals surface area contributed by atoms with Crippen molar-refractivity contribution in [1.29, 1.82) is 0 Å². The van der Waals surface area contributed by atoms with Crippen molar-refractivity contribution in [3.8, 4) is 0 Å². The number of nitrogens with zero attached hydrogens (tertiary/aromatic N) is 4. The molecule has 8 heteroatoms. The summed E-state index contributed by atoms with van der Waals surface area (Å²) in [4.78, 5) is 52.8. The van der Waals surface area contributed by atoms with Crippen molar-refractivity contribution in [2.75, 3.05) is 37.6 Å². The average Bonchev–Trinajstić information content (AvgIpc) is 2.97. The average molecular weight is 556 g/mol. The zero-order valence-electron chi connectivity index (χ0n) is 24.8. The number of rotatable bonds is 7. The van der Waals surface area contributed by atoms with Crippen molar-refractivity contribution >= 4 is 28.5 Å². The van der Waals surface area contributed by atoms with Crippen LogP contribution in [0, 0.1) is 20.8 Å². The Balaban J connectivity index is 1.52. The van der Waals surface area contributed by atoms with Crippen molar-refractivity contribution in [1.82, 2.24) is 19.8 Å². The monoisotopic (exact) mass is 555 g/mol. The predicted molar refractivity (Wildman–Crippen MR) is 163 cm³/mol. The smallest absolute Gasteiger partial charge is 0.261 e. The van der Waals surface area contributed by atoms with Gasteiger partial charge in [0.25, 0.3) is 11.5 Å². The summed E-state index contributed by atoms with van der Waals surface area (Å²) in [5.74, 6) is 0.662. The molecule has 0 saturated carbocycles. The molecule has 1 aliphatic carbocycles. The number of fused-ring (bicyclic) bond motifs is 1. The van der Waals surface area contributed by atoms with Gasteiger partial charge in [-0.15, -0.1) is 0 Å². The van der Waals surface area contributed by atoms with Crippen LogP contribution < -0.4 is 10.5 Å². The molecule has 1 aromatic carbocycles. The molecule has 0 unspecified atom stereocenters. The maximum Gasteiger partial charge on any atom is 0.261 e. The van der Waals surface area contributed by atoms with Crippen LogP contribution in [0.25, 0.3) is 10.9 Å². The number of carbonyl (C=O) groups is 2. The minimum Gasteiger partial charge on any atom is -0.353 e. The summed E-state index contributed by atoms with van der Waals surface area (Å²) < 4.78 is 0. The largest absolute Gasteiger partial charge is 0.353 e. The van der Waals surface area contributed by atoms with E-state index in [-0.39, 0.29) is 22.9 Å². The van der Waals surface area contributed by atoms with E-state index in [1.807, 2.05) is 29.7 Å². The van der Waals surface area contributed by atoms with E-state index in [1.54, 1.807) is 13.0 Å². The van der Waals surface area contributed by atoms with Crippen LogP contribution in [0.3, 0.4) is 0 Å². The first kappa shape index (κ1) is 28.6. The molecule has 1 N–H and O–H groups in total. The van der Waals surface area contributed by atoms with Gasteiger partial charge in [0.2, 0.25) is 5.91 Å². The Morgan fingerprint density at radius 1 is 1.02 bits per heavy atom. The van der Waals surface area contributed by atoms with Crippen LogP contribution in [-0.4, -0.2) is 64.3 Å². The second-order valence-corrected chi connectivity index (χ2v) is 11.6. The van der Waals surface area contributed by atoms with Crippen LogP contribution in [0.1, 0.15) is 71.8 Å². The lowest BCUT2D eigenvalue weighted by molar-refractivity contribution is -0.129. The normalized spacial score (nSPS) is 15.7. The van der Waals surface area contributed by atoms with Crippen LogP contribution in [0.15, 0.2) is 46.8 Å². The number of carbonyl (C=O) groups excluding carboxylic acids is 2. The van der Waals surface area contributed by atoms with Gasteiger partial charge in [-0.25, -0.2) is 4.98 Å². The van der Waals surface area contributed by atoms with E-state index in [1.165, 1.54) is 18.4 Å². The van der Waals surface area contributed by atoms with Crippen molar-refractivity contribution in [2.45, 2.75) is 66.3 Å². The highest BCUT2D eigenvalue weighted by atomic mass is 16.2. The zero-order chi connectivity index (χ0) is 29.1. The number of anilines is 1. The SMILES string of the molecule is CC(=O)N1CCN(c2nc3ccc(C)cc3cc2CN(CCC2=CCCCC2)C(=O)c2cc(C)c(C)[nH]c2=O)CC1. The topological polar surface area (TPSA) is 89.6 Å². The van der Waals surface area contributed by atoms with Gasteiger partial charge in [0.15, 0.2) is 0 Å². The molecule has 2 aromatic heterocycles. The highest BCUT2D eigenvalue weighted by Crippen LogP contribution is 2.28. The van der Waals surface area contributed by atoms with E-state index in [9.17, 15) is 14.4 Å². The number of nitrogens with one attached hydrogen (secondary N) is 1. The molecule has 1 aliphatic heterocycles. The van der Waals surface area contributed by atoms with Gasteiger partial charge in [0.05, 0.1) is 5.52 Å². The summed E-state index contributed by atoms with van der Waals surface area (Å²) >= 11 is 0. The molecule has 0 spiro atoms. The van der Waals surface area contributed by atoms with E-state index in [4.69, 9.17) is 4.98 Å². The number of pyridine rings is 2. The quantitative estimate of drug-likeness (QED) is 0.412. The highest BCUT2D eigenvalue weighted by Gasteiger charge is 2.26. The van der Waals surface area contributed by atoms with Crippen LogP contribution >= 0.6 is 0 Å². The van der Waals surface area contributed by atoms with Crippen molar-refractivity contribution in [3.63, 3.8) is 0 Å². The fraction of sp³-hybridized carbons (Fsp3) is 0.455. The molecular weight excluding hydrogens is 514 g/mol. The number of benzene rings is 1. The second kappa shape index (κ2) is 12.3. The third-order valence-corrected chi connectivity index (χ3v) is 8.52. The number of allylic oxidation sites excluding steroid dienone is 1. The Labute approximate surface area is 242 Å². The van der Waals surface area contributed by atoms with Gasteiger partial charge >= 0.3 is 0 Å². The van der Waals surface area contributed by atoms with Crippen molar-refractivity contribution in [3.05, 3.63) is 80.3 Å². The highest BCUT2D eigenvalue weighted by molar-refractivity contribution is 5.94. The lowest BCUT2D eigenvalue weighted by Crippen LogP contribution is -2.48. The maximum absolute atomic E-state index is 14.0. The Hall–Kier alpha value is -3.94. The lowest BCUT2D eigenvalue weighted by atomic mass is 9.97. The van der Waals surface area contributed by atoms with Crippen molar-refractivity contribution in [2.24, 2.45) is 0 Å². The molecule has 8 nitrogen and oxygen atoms in total. The number of hydrogen-bond donors (Lipinski definition) is 1. The molecule has 3 aromatic rings. The summed E-state index contributed by atoms with van der Waals surface area (Å²) in [5.41, 5.74) is 5.86. The summed E-state index contributed by atoms with van der Waals surface area (Å²) in [6, 6.07) is 10.1. The number of aromatic nitrogens is 2. The second-order valence-electron chi connectivity index (χ2n) is 11.6. The van der Waals surface area contributed by atoms with Gasteiger partial charge in [0.1, 0.15) is 11.4 Å². The van der Waals surface area contributed by atoms with Gasteiger partial charge in [-0.1, -0.05) is 23.3 Å². The first-order valence-corrected chi connectivity index (χ1v) is 14.8. The maximum atomic E-state index is 14.0. The zero-order valence-corrected chi connectivity index (χ0v) is 24.8. The molecule has 2 amide bonds. The van der Waals surface area contributed by atoms with Gasteiger partial charge in [0, 0.05) is 62.8 Å². The summed E-state index contributed by atoms with van der Waals surface area (Å²) in [5, 5.41) is 1.03. The minimum absolute atomic E-state index is 0.0826. The molecule has 216 valence electrons. The Bertz CT molecular complexity index is 1550. The van der Waals surface area contributed by atoms with Gasteiger partial charge in [-0.3, -0.25) is 14.4 Å². The van der Waals surface area contributed by atoms with E-state index in [0.29, 0.717) is 39.3 Å². The third kappa shape index (κ3) is 6.53. The van der Waals surface area contributed by atoms with Gasteiger partial charge in [-0.2, -0.15) is 0 Å². The molecule has 0 radical (unpaired) electrons. The fourth-order valence-corrected chi connectivity index (χ4v) is 5.88. The molecule has 0 atom stereocenters. The first-order valence-electron chi connectivity index (χ1n) is 14.8. The van der Waals surface area contributed by atoms with Crippen LogP contribution in [-0.2, 0) is 11.3 Å². The first-order chi connectivity index (χ1) is 19.7. The number of H-pyrrole nitrogens is 1. The van der Waals surface area contributed by atoms with Gasteiger partial charge in [-0.05, 0) is 82.7 Å². The number of piperazine rings is 1. The van der Waals surface area contributed by atoms with E-state index in [2.05, 4.69) is 41.1 Å². The van der Waals surface area contributed by atoms with Crippen LogP contribution in [0.4, 0.5) is 5.82 Å². The number of amides is 2. The standard InChI is InChI=1S/C33H41N5O3/c1-22-10-11-30-27(18-22)20-28(31(35-30)37-16-14-36(15-17-37)25(4)39)21-38(13-12-26-8-6-5-7-9-26)33(41)29-19-23(2)24(3)34-32(29)40/h8,10-11,18-20H,5-7,9,12-17,21H2,1-4H3,(H,34,40). The number of aryl methyl sites for hydroxylation is 3. The van der Waals surface area contributed by atoms with E-state index < -0.39 is 0 Å². The summed E-state index contributed by atoms with van der Waals surface area (Å²) in [7, 11) is 0. The van der Waals surface area contributed by atoms with E-state index in [0.717, 1.165) is 58.4 Å². The molecule has 2 aliphatic rings. The van der Waals surface area contributed by atoms with Gasteiger partial charge < -0.3 is 19.7 Å². The lowest BCUT2D eigenvalue weighted by Gasteiger charge is -2.36. The molecule has 1 saturated heterocycles. The third-order valence-electron chi connectivity index (χ3n) is 8.52. The predicted octanol–water partition coefficient (Wildman–Crippen LogP) is 5.05. The minimum atomic E-state index is -0.354. The fourth-order valence-electron chi connectivity index (χ4n) is 5.88. The van der Waals surface area contributed by atoms with Crippen LogP contribution in [0.5, 0.6) is 0 Å². The molecule has 41 heavy (non-hydrogen) atoms. The molecular formula is C33H41N5O3. The Kier molecular flexibility index (Phi) is 8.57. The van der Waals surface area contributed by atoms with Crippen LogP contribution in [0.2, 0.25) is 0 Å². The van der Waals surface area contributed by atoms with E-state index >= 15 is 0 Å². The number of hydrogen-bond acceptors (Lipinski definition) is 5. The van der Waals surface area contributed by atoms with Crippen molar-refractivity contribution < 1.29 is 9.59 Å². The molecule has 0 bridgehead atoms. The molecule has 3 heterocycles. The Morgan fingerprint density at radius 3 is 2.51 bits per heavy atom. The summed E-state index contributed by atoms with van der Waals surface area (Å²) in [6.45, 7) is 10.9. The molecule has 1 fully saturated rings. The summed E-state index contributed by atoms with van der Waals surface area (Å²) in [6.07, 6.45) is 7.66. The number of aromatic amines is 1. The molecule has 5 rings (SSSR count). The Morgan fingerprint density at radius 2 is 1.80 bits per heavy atom.